The van der Waals surface area contributed by atoms with E-state index in [4.69, 9.17) is 10.6 Å². The molecule has 0 radical (unpaired) electrons. The second kappa shape index (κ2) is 5.26. The monoisotopic (exact) mass is 239 g/mol. The Balaban J connectivity index is 2.93. The van der Waals surface area contributed by atoms with Gasteiger partial charge in [0.1, 0.15) is 5.75 Å². The third-order valence-corrected chi connectivity index (χ3v) is 2.20. The molecule has 92 valence electrons. The number of hydrogen-bond acceptors (Lipinski definition) is 5. The number of hydrogen-bond donors (Lipinski definition) is 2. The van der Waals surface area contributed by atoms with Crippen LogP contribution >= 0.6 is 0 Å². The van der Waals surface area contributed by atoms with Crippen molar-refractivity contribution in [1.29, 1.82) is 0 Å². The number of non-ortho nitro benzene ring substituents is 1. The molecule has 1 atom stereocenters. The molecule has 0 aliphatic heterocycles. The number of nitrogens with two attached hydrogens (primary N) is 1. The lowest BCUT2D eigenvalue weighted by molar-refractivity contribution is -0.385. The fraction of sp³-hybridized carbons (Fsp3) is 0.300. The highest BCUT2D eigenvalue weighted by Crippen LogP contribution is 2.24. The lowest BCUT2D eigenvalue weighted by Crippen LogP contribution is -2.40. The number of nitro benzene ring substituents is 1. The molecule has 1 unspecified atom stereocenters. The zero-order chi connectivity index (χ0) is 13.0. The van der Waals surface area contributed by atoms with E-state index in [0.717, 1.165) is 0 Å². The first-order chi connectivity index (χ1) is 7.95. The summed E-state index contributed by atoms with van der Waals surface area (Å²) in [6, 6.07) is 4.20. The fourth-order valence-electron chi connectivity index (χ4n) is 1.19. The predicted molar refractivity (Wildman–Crippen MR) is 60.3 cm³/mol. The van der Waals surface area contributed by atoms with Gasteiger partial charge in [0.2, 0.25) is 0 Å². The molecule has 0 aliphatic rings. The van der Waals surface area contributed by atoms with E-state index in [0.29, 0.717) is 5.56 Å². The third-order valence-electron chi connectivity index (χ3n) is 2.20. The number of benzene rings is 1. The summed E-state index contributed by atoms with van der Waals surface area (Å²) in [6.45, 7) is 3.23. The quantitative estimate of drug-likeness (QED) is 0.347. The van der Waals surface area contributed by atoms with E-state index in [1.165, 1.54) is 19.1 Å². The minimum absolute atomic E-state index is 0.0917. The molecular formula is C10H13N3O4. The summed E-state index contributed by atoms with van der Waals surface area (Å²) in [5.41, 5.74) is 2.55. The van der Waals surface area contributed by atoms with Crippen molar-refractivity contribution in [2.75, 3.05) is 0 Å². The summed E-state index contributed by atoms with van der Waals surface area (Å²) < 4.78 is 5.29. The molecule has 0 heterocycles. The first kappa shape index (κ1) is 12.9. The smallest absolute Gasteiger partial charge is 0.274 e. The molecule has 0 spiro atoms. The van der Waals surface area contributed by atoms with E-state index < -0.39 is 16.9 Å². The van der Waals surface area contributed by atoms with Gasteiger partial charge in [-0.25, -0.2) is 5.84 Å². The highest BCUT2D eigenvalue weighted by atomic mass is 16.6. The average Bonchev–Trinajstić information content (AvgIpc) is 2.30. The standard InChI is InChI=1S/C10H13N3O4/c1-6-3-4-8(13(15)16)5-9(6)17-7(2)10(14)12-11/h3-5,7H,11H2,1-2H3,(H,12,14). The summed E-state index contributed by atoms with van der Waals surface area (Å²) in [5.74, 6) is 4.74. The highest BCUT2D eigenvalue weighted by Gasteiger charge is 2.16. The maximum Gasteiger partial charge on any atom is 0.274 e. The minimum atomic E-state index is -0.819. The second-order valence-corrected chi connectivity index (χ2v) is 3.48. The Morgan fingerprint density at radius 3 is 2.76 bits per heavy atom. The molecule has 0 saturated heterocycles. The first-order valence-corrected chi connectivity index (χ1v) is 4.88. The number of aryl methyl sites for hydroxylation is 1. The normalized spacial score (nSPS) is 11.7. The van der Waals surface area contributed by atoms with Gasteiger partial charge < -0.3 is 4.74 Å². The van der Waals surface area contributed by atoms with E-state index in [1.54, 1.807) is 13.0 Å². The van der Waals surface area contributed by atoms with Crippen LogP contribution < -0.4 is 16.0 Å². The van der Waals surface area contributed by atoms with Gasteiger partial charge in [-0.05, 0) is 25.5 Å². The topological polar surface area (TPSA) is 107 Å². The van der Waals surface area contributed by atoms with Gasteiger partial charge in [-0.1, -0.05) is 0 Å². The molecule has 0 fully saturated rings. The van der Waals surface area contributed by atoms with Crippen LogP contribution in [0.25, 0.3) is 0 Å². The van der Waals surface area contributed by atoms with Crippen LogP contribution in [0, 0.1) is 17.0 Å². The molecule has 1 aromatic rings. The van der Waals surface area contributed by atoms with E-state index in [1.807, 2.05) is 5.43 Å². The van der Waals surface area contributed by atoms with E-state index in [9.17, 15) is 14.9 Å². The number of nitrogens with one attached hydrogen (secondary N) is 1. The maximum atomic E-state index is 11.2. The van der Waals surface area contributed by atoms with E-state index in [2.05, 4.69) is 0 Å². The SMILES string of the molecule is Cc1ccc([N+](=O)[O-])cc1OC(C)C(=O)NN. The summed E-state index contributed by atoms with van der Waals surface area (Å²) in [5, 5.41) is 10.6. The van der Waals surface area contributed by atoms with Crippen LogP contribution in [0.3, 0.4) is 0 Å². The Hall–Kier alpha value is -2.15. The molecule has 7 nitrogen and oxygen atoms in total. The zero-order valence-corrected chi connectivity index (χ0v) is 9.47. The van der Waals surface area contributed by atoms with Crippen molar-refractivity contribution in [3.63, 3.8) is 0 Å². The van der Waals surface area contributed by atoms with Crippen LogP contribution in [0.4, 0.5) is 5.69 Å². The van der Waals surface area contributed by atoms with Crippen LogP contribution in [0.15, 0.2) is 18.2 Å². The number of nitrogens with zero attached hydrogens (tertiary/aromatic N) is 1. The lowest BCUT2D eigenvalue weighted by atomic mass is 10.2. The van der Waals surface area contributed by atoms with Gasteiger partial charge >= 0.3 is 0 Å². The van der Waals surface area contributed by atoms with Crippen molar-refractivity contribution < 1.29 is 14.5 Å². The van der Waals surface area contributed by atoms with Gasteiger partial charge in [0.25, 0.3) is 11.6 Å². The van der Waals surface area contributed by atoms with Gasteiger partial charge in [-0.15, -0.1) is 0 Å². The largest absolute Gasteiger partial charge is 0.480 e. The van der Waals surface area contributed by atoms with E-state index in [-0.39, 0.29) is 11.4 Å². The molecule has 0 aromatic heterocycles. The number of carbonyl (C=O) groups is 1. The third kappa shape index (κ3) is 3.15. The van der Waals surface area contributed by atoms with E-state index >= 15 is 0 Å². The van der Waals surface area contributed by atoms with Crippen molar-refractivity contribution in [2.24, 2.45) is 5.84 Å². The zero-order valence-electron chi connectivity index (χ0n) is 9.47. The van der Waals surface area contributed by atoms with Crippen LogP contribution in [0.5, 0.6) is 5.75 Å². The molecule has 0 bridgehead atoms. The number of carbonyl (C=O) groups excluding carboxylic acids is 1. The Labute approximate surface area is 97.7 Å². The number of ether oxygens (including phenoxy) is 1. The highest BCUT2D eigenvalue weighted by molar-refractivity contribution is 5.80. The molecule has 0 aliphatic carbocycles. The second-order valence-electron chi connectivity index (χ2n) is 3.48. The first-order valence-electron chi connectivity index (χ1n) is 4.88. The Kier molecular flexibility index (Phi) is 4.00. The fourth-order valence-corrected chi connectivity index (χ4v) is 1.19. The molecule has 0 saturated carbocycles. The predicted octanol–water partition coefficient (Wildman–Crippen LogP) is 0.660. The van der Waals surface area contributed by atoms with Crippen molar-refractivity contribution in [1.82, 2.24) is 5.43 Å². The van der Waals surface area contributed by atoms with Crippen LogP contribution in [0.1, 0.15) is 12.5 Å². The Morgan fingerprint density at radius 1 is 1.59 bits per heavy atom. The van der Waals surface area contributed by atoms with Crippen molar-refractivity contribution in [2.45, 2.75) is 20.0 Å². The van der Waals surface area contributed by atoms with Crippen LogP contribution in [-0.4, -0.2) is 16.9 Å². The number of rotatable bonds is 4. The van der Waals surface area contributed by atoms with Gasteiger partial charge in [0, 0.05) is 6.07 Å². The van der Waals surface area contributed by atoms with Gasteiger partial charge in [-0.2, -0.15) is 0 Å². The minimum Gasteiger partial charge on any atom is -0.480 e. The van der Waals surface area contributed by atoms with Crippen molar-refractivity contribution in [3.8, 4) is 5.75 Å². The van der Waals surface area contributed by atoms with Crippen molar-refractivity contribution in [3.05, 3.63) is 33.9 Å². The molecule has 1 aromatic carbocycles. The molecule has 7 heteroatoms. The number of hydrazine groups is 1. The molecule has 1 amide bonds. The summed E-state index contributed by atoms with van der Waals surface area (Å²) in [7, 11) is 0. The molecule has 17 heavy (non-hydrogen) atoms. The van der Waals surface area contributed by atoms with Gasteiger partial charge in [-0.3, -0.25) is 20.3 Å². The van der Waals surface area contributed by atoms with Crippen LogP contribution in [-0.2, 0) is 4.79 Å². The van der Waals surface area contributed by atoms with Crippen molar-refractivity contribution >= 4 is 11.6 Å². The lowest BCUT2D eigenvalue weighted by Gasteiger charge is -2.14. The number of amides is 1. The molecule has 3 N–H and O–H groups in total. The average molecular weight is 239 g/mol. The number of nitro groups is 1. The maximum absolute atomic E-state index is 11.2. The van der Waals surface area contributed by atoms with Gasteiger partial charge in [0.15, 0.2) is 6.10 Å². The Bertz CT molecular complexity index is 447. The van der Waals surface area contributed by atoms with Gasteiger partial charge in [0.05, 0.1) is 11.0 Å². The molecular weight excluding hydrogens is 226 g/mol. The Morgan fingerprint density at radius 2 is 2.24 bits per heavy atom. The summed E-state index contributed by atoms with van der Waals surface area (Å²) in [6.07, 6.45) is -0.819. The van der Waals surface area contributed by atoms with Crippen LogP contribution in [0.2, 0.25) is 0 Å². The molecule has 1 rings (SSSR count). The summed E-state index contributed by atoms with van der Waals surface area (Å²) in [4.78, 5) is 21.2. The summed E-state index contributed by atoms with van der Waals surface area (Å²) >= 11 is 0.